The number of hydrogen-bond acceptors (Lipinski definition) is 4. The van der Waals surface area contributed by atoms with Gasteiger partial charge in [0.25, 0.3) is 0 Å². The van der Waals surface area contributed by atoms with Gasteiger partial charge in [0, 0.05) is 11.6 Å². The van der Waals surface area contributed by atoms with Crippen LogP contribution in [0.4, 0.5) is 4.79 Å². The molecule has 1 atom stereocenters. The van der Waals surface area contributed by atoms with E-state index >= 15 is 0 Å². The van der Waals surface area contributed by atoms with Crippen molar-refractivity contribution in [2.45, 2.75) is 38.8 Å². The number of ether oxygens (including phenoxy) is 1. The highest BCUT2D eigenvalue weighted by atomic mass is 16.6. The van der Waals surface area contributed by atoms with Crippen LogP contribution in [0.3, 0.4) is 0 Å². The largest absolute Gasteiger partial charge is 0.443 e. The van der Waals surface area contributed by atoms with Crippen LogP contribution < -0.4 is 11.5 Å². The van der Waals surface area contributed by atoms with Crippen LogP contribution in [-0.4, -0.2) is 28.2 Å². The van der Waals surface area contributed by atoms with Gasteiger partial charge >= 0.3 is 6.09 Å². The summed E-state index contributed by atoms with van der Waals surface area (Å²) in [6, 6.07) is 6.60. The lowest BCUT2D eigenvalue weighted by Crippen LogP contribution is -2.38. The summed E-state index contributed by atoms with van der Waals surface area (Å²) in [5, 5.41) is 0.852. The molecule has 0 spiro atoms. The van der Waals surface area contributed by atoms with Crippen molar-refractivity contribution in [2.75, 3.05) is 0 Å². The highest BCUT2D eigenvalue weighted by Crippen LogP contribution is 2.23. The normalized spacial score (nSPS) is 13.1. The number of primary amides is 1. The van der Waals surface area contributed by atoms with Gasteiger partial charge in [-0.15, -0.1) is 0 Å². The summed E-state index contributed by atoms with van der Waals surface area (Å²) in [6.07, 6.45) is 1.45. The first kappa shape index (κ1) is 16.0. The molecule has 0 aliphatic heterocycles. The molecular formula is C16H21N3O3. The van der Waals surface area contributed by atoms with E-state index in [4.69, 9.17) is 16.2 Å². The standard InChI is InChI=1S/C16H21N3O3/c1-16(2,3)22-15(21)19-9-10(8-12(17)14(18)20)11-6-4-5-7-13(11)19/h4-7,9,12H,8,17H2,1-3H3,(H2,18,20)/t12-/m0/s1. The Kier molecular flexibility index (Phi) is 4.23. The summed E-state index contributed by atoms with van der Waals surface area (Å²) >= 11 is 0. The van der Waals surface area contributed by atoms with Crippen LogP contribution in [0, 0.1) is 0 Å². The quantitative estimate of drug-likeness (QED) is 0.902. The molecule has 1 aromatic heterocycles. The Morgan fingerprint density at radius 2 is 1.91 bits per heavy atom. The van der Waals surface area contributed by atoms with Gasteiger partial charge in [0.15, 0.2) is 0 Å². The smallest absolute Gasteiger partial charge is 0.419 e. The number of para-hydroxylation sites is 1. The first-order valence-corrected chi connectivity index (χ1v) is 7.06. The number of amides is 1. The number of hydrogen-bond donors (Lipinski definition) is 2. The molecule has 6 heteroatoms. The van der Waals surface area contributed by atoms with E-state index < -0.39 is 23.6 Å². The third kappa shape index (κ3) is 3.46. The van der Waals surface area contributed by atoms with Crippen LogP contribution >= 0.6 is 0 Å². The minimum Gasteiger partial charge on any atom is -0.443 e. The predicted molar refractivity (Wildman–Crippen MR) is 84.4 cm³/mol. The average molecular weight is 303 g/mol. The molecule has 1 heterocycles. The highest BCUT2D eigenvalue weighted by Gasteiger charge is 2.21. The number of rotatable bonds is 3. The SMILES string of the molecule is CC(C)(C)OC(=O)n1cc(C[C@H](N)C(N)=O)c2ccccc21. The Labute approximate surface area is 129 Å². The molecule has 2 rings (SSSR count). The lowest BCUT2D eigenvalue weighted by Gasteiger charge is -2.19. The third-order valence-electron chi connectivity index (χ3n) is 3.19. The summed E-state index contributed by atoms with van der Waals surface area (Å²) in [5.74, 6) is -0.575. The molecule has 1 amide bonds. The van der Waals surface area contributed by atoms with Crippen molar-refractivity contribution in [3.63, 3.8) is 0 Å². The van der Waals surface area contributed by atoms with E-state index in [2.05, 4.69) is 0 Å². The zero-order valence-electron chi connectivity index (χ0n) is 13.0. The number of aromatic nitrogens is 1. The number of carbonyl (C=O) groups excluding carboxylic acids is 2. The number of carbonyl (C=O) groups is 2. The van der Waals surface area contributed by atoms with E-state index in [-0.39, 0.29) is 6.42 Å². The van der Waals surface area contributed by atoms with Gasteiger partial charge in [-0.25, -0.2) is 4.79 Å². The van der Waals surface area contributed by atoms with Crippen molar-refractivity contribution in [1.82, 2.24) is 4.57 Å². The van der Waals surface area contributed by atoms with Crippen molar-refractivity contribution in [3.05, 3.63) is 36.0 Å². The van der Waals surface area contributed by atoms with E-state index in [0.717, 1.165) is 10.9 Å². The van der Waals surface area contributed by atoms with Gasteiger partial charge in [0.1, 0.15) is 5.60 Å². The highest BCUT2D eigenvalue weighted by molar-refractivity contribution is 5.92. The Bertz CT molecular complexity index is 713. The van der Waals surface area contributed by atoms with Crippen LogP contribution in [0.25, 0.3) is 10.9 Å². The van der Waals surface area contributed by atoms with E-state index in [9.17, 15) is 9.59 Å². The number of benzene rings is 1. The van der Waals surface area contributed by atoms with Crippen LogP contribution in [0.1, 0.15) is 26.3 Å². The zero-order chi connectivity index (χ0) is 16.5. The molecule has 0 saturated heterocycles. The maximum Gasteiger partial charge on any atom is 0.419 e. The Morgan fingerprint density at radius 3 is 2.50 bits per heavy atom. The van der Waals surface area contributed by atoms with Crippen LogP contribution in [-0.2, 0) is 16.0 Å². The molecule has 2 aromatic rings. The summed E-state index contributed by atoms with van der Waals surface area (Å²) in [7, 11) is 0. The van der Waals surface area contributed by atoms with Gasteiger partial charge in [-0.3, -0.25) is 9.36 Å². The summed E-state index contributed by atoms with van der Waals surface area (Å²) in [5.41, 5.74) is 11.8. The molecular weight excluding hydrogens is 282 g/mol. The zero-order valence-corrected chi connectivity index (χ0v) is 13.0. The first-order valence-electron chi connectivity index (χ1n) is 7.06. The molecule has 4 N–H and O–H groups in total. The van der Waals surface area contributed by atoms with Gasteiger partial charge in [-0.2, -0.15) is 0 Å². The summed E-state index contributed by atoms with van der Waals surface area (Å²) in [6.45, 7) is 5.42. The molecule has 118 valence electrons. The van der Waals surface area contributed by atoms with Gasteiger partial charge in [0.2, 0.25) is 5.91 Å². The lowest BCUT2D eigenvalue weighted by molar-refractivity contribution is -0.119. The second-order valence-corrected chi connectivity index (χ2v) is 6.23. The maximum absolute atomic E-state index is 12.3. The molecule has 0 fully saturated rings. The van der Waals surface area contributed by atoms with E-state index in [0.29, 0.717) is 5.52 Å². The first-order chi connectivity index (χ1) is 10.2. The van der Waals surface area contributed by atoms with Crippen molar-refractivity contribution in [2.24, 2.45) is 11.5 Å². The van der Waals surface area contributed by atoms with Crippen molar-refractivity contribution < 1.29 is 14.3 Å². The molecule has 22 heavy (non-hydrogen) atoms. The predicted octanol–water partition coefficient (Wildman–Crippen LogP) is 1.78. The Hall–Kier alpha value is -2.34. The molecule has 1 aromatic carbocycles. The van der Waals surface area contributed by atoms with Gasteiger partial charge in [0.05, 0.1) is 11.6 Å². The van der Waals surface area contributed by atoms with Crippen LogP contribution in [0.5, 0.6) is 0 Å². The maximum atomic E-state index is 12.3. The molecule has 0 unspecified atom stereocenters. The van der Waals surface area contributed by atoms with E-state index in [1.165, 1.54) is 4.57 Å². The molecule has 0 bridgehead atoms. The van der Waals surface area contributed by atoms with Crippen LogP contribution in [0.15, 0.2) is 30.5 Å². The van der Waals surface area contributed by atoms with E-state index in [1.807, 2.05) is 24.3 Å². The molecule has 0 aliphatic rings. The molecule has 6 nitrogen and oxygen atoms in total. The molecule has 0 radical (unpaired) electrons. The monoisotopic (exact) mass is 303 g/mol. The Morgan fingerprint density at radius 1 is 1.27 bits per heavy atom. The second kappa shape index (κ2) is 5.81. The summed E-state index contributed by atoms with van der Waals surface area (Å²) in [4.78, 5) is 23.5. The minimum atomic E-state index is -0.794. The topological polar surface area (TPSA) is 100 Å². The Balaban J connectivity index is 2.44. The average Bonchev–Trinajstić information content (AvgIpc) is 2.76. The molecule has 0 saturated carbocycles. The van der Waals surface area contributed by atoms with E-state index in [1.54, 1.807) is 27.0 Å². The van der Waals surface area contributed by atoms with Gasteiger partial charge in [-0.1, -0.05) is 18.2 Å². The summed E-state index contributed by atoms with van der Waals surface area (Å²) < 4.78 is 6.83. The minimum absolute atomic E-state index is 0.269. The lowest BCUT2D eigenvalue weighted by atomic mass is 10.1. The fraction of sp³-hybridized carbons (Fsp3) is 0.375. The number of fused-ring (bicyclic) bond motifs is 1. The number of nitrogens with zero attached hydrogens (tertiary/aromatic N) is 1. The second-order valence-electron chi connectivity index (χ2n) is 6.23. The fourth-order valence-electron chi connectivity index (χ4n) is 2.21. The van der Waals surface area contributed by atoms with Crippen molar-refractivity contribution in [3.8, 4) is 0 Å². The molecule has 0 aliphatic carbocycles. The van der Waals surface area contributed by atoms with Gasteiger partial charge < -0.3 is 16.2 Å². The van der Waals surface area contributed by atoms with Crippen molar-refractivity contribution >= 4 is 22.9 Å². The van der Waals surface area contributed by atoms with Gasteiger partial charge in [-0.05, 0) is 38.8 Å². The number of nitrogens with two attached hydrogens (primary N) is 2. The third-order valence-corrected chi connectivity index (χ3v) is 3.19. The van der Waals surface area contributed by atoms with Crippen molar-refractivity contribution in [1.29, 1.82) is 0 Å². The fourth-order valence-corrected chi connectivity index (χ4v) is 2.21. The van der Waals surface area contributed by atoms with Crippen LogP contribution in [0.2, 0.25) is 0 Å².